The van der Waals surface area contributed by atoms with Gasteiger partial charge in [0.05, 0.1) is 6.04 Å². The summed E-state index contributed by atoms with van der Waals surface area (Å²) in [4.78, 5) is 6.87. The van der Waals surface area contributed by atoms with E-state index in [1.165, 1.54) is 31.5 Å². The molecule has 3 aliphatic rings. The van der Waals surface area contributed by atoms with Crippen LogP contribution < -0.4 is 4.74 Å². The highest BCUT2D eigenvalue weighted by molar-refractivity contribution is 5.22. The second-order valence-electron chi connectivity index (χ2n) is 6.40. The molecular formula is C19H22N2O. The Morgan fingerprint density at radius 1 is 1.05 bits per heavy atom. The molecule has 0 spiro atoms. The van der Waals surface area contributed by atoms with Crippen LogP contribution in [0.4, 0.5) is 0 Å². The third-order valence-corrected chi connectivity index (χ3v) is 5.07. The fourth-order valence-electron chi connectivity index (χ4n) is 3.94. The van der Waals surface area contributed by atoms with Gasteiger partial charge < -0.3 is 4.74 Å². The van der Waals surface area contributed by atoms with E-state index in [2.05, 4.69) is 28.1 Å². The number of ether oxygens (including phenoxy) is 1. The molecule has 0 radical (unpaired) electrons. The molecule has 0 amide bonds. The zero-order valence-electron chi connectivity index (χ0n) is 12.8. The number of piperidine rings is 3. The molecule has 5 rings (SSSR count). The average Bonchev–Trinajstić information content (AvgIpc) is 2.60. The molecule has 114 valence electrons. The number of para-hydroxylation sites is 1. The van der Waals surface area contributed by atoms with Crippen LogP contribution in [0.5, 0.6) is 5.75 Å². The van der Waals surface area contributed by atoms with Gasteiger partial charge in [0.15, 0.2) is 0 Å². The first-order valence-corrected chi connectivity index (χ1v) is 8.25. The van der Waals surface area contributed by atoms with Crippen LogP contribution in [-0.4, -0.2) is 35.1 Å². The second kappa shape index (κ2) is 6.09. The lowest BCUT2D eigenvalue weighted by Crippen LogP contribution is -2.60. The first-order valence-electron chi connectivity index (χ1n) is 8.25. The monoisotopic (exact) mass is 294 g/mol. The van der Waals surface area contributed by atoms with Crippen LogP contribution >= 0.6 is 0 Å². The van der Waals surface area contributed by atoms with Gasteiger partial charge in [-0.1, -0.05) is 24.3 Å². The quantitative estimate of drug-likeness (QED) is 0.866. The van der Waals surface area contributed by atoms with Gasteiger partial charge in [0.25, 0.3) is 0 Å². The Bertz CT molecular complexity index is 538. The van der Waals surface area contributed by atoms with Gasteiger partial charge in [-0.3, -0.25) is 9.88 Å². The van der Waals surface area contributed by atoms with E-state index in [9.17, 15) is 0 Å². The first-order chi connectivity index (χ1) is 10.9. The third-order valence-electron chi connectivity index (χ3n) is 5.07. The van der Waals surface area contributed by atoms with Crippen molar-refractivity contribution in [3.05, 3.63) is 60.4 Å². The minimum absolute atomic E-state index is 0.296. The molecule has 4 heterocycles. The van der Waals surface area contributed by atoms with E-state index in [0.717, 1.165) is 12.2 Å². The van der Waals surface area contributed by atoms with Crippen LogP contribution in [0.2, 0.25) is 0 Å². The normalized spacial score (nSPS) is 30.2. The number of hydrogen-bond donors (Lipinski definition) is 0. The minimum Gasteiger partial charge on any atom is -0.489 e. The summed E-state index contributed by atoms with van der Waals surface area (Å²) in [6.07, 6.45) is 7.69. The van der Waals surface area contributed by atoms with Crippen molar-refractivity contribution < 1.29 is 4.74 Å². The number of nitrogens with zero attached hydrogens (tertiary/aromatic N) is 2. The minimum atomic E-state index is 0.296. The predicted octanol–water partition coefficient (Wildman–Crippen LogP) is 3.17. The molecule has 2 bridgehead atoms. The van der Waals surface area contributed by atoms with Crippen molar-refractivity contribution in [2.24, 2.45) is 5.92 Å². The van der Waals surface area contributed by atoms with Gasteiger partial charge in [-0.25, -0.2) is 0 Å². The molecule has 22 heavy (non-hydrogen) atoms. The fraction of sp³-hybridized carbons (Fsp3) is 0.421. The van der Waals surface area contributed by atoms with Crippen molar-refractivity contribution in [2.75, 3.05) is 13.1 Å². The van der Waals surface area contributed by atoms with Gasteiger partial charge in [-0.05, 0) is 62.0 Å². The van der Waals surface area contributed by atoms with Crippen molar-refractivity contribution >= 4 is 0 Å². The molecule has 3 saturated heterocycles. The van der Waals surface area contributed by atoms with E-state index in [-0.39, 0.29) is 0 Å². The SMILES string of the molecule is c1ccc(OC2C3CCN(CC3)C2Cc2cccnc2)cc1. The first kappa shape index (κ1) is 13.8. The van der Waals surface area contributed by atoms with Crippen LogP contribution in [0.15, 0.2) is 54.9 Å². The lowest BCUT2D eigenvalue weighted by molar-refractivity contribution is -0.0578. The summed E-state index contributed by atoms with van der Waals surface area (Å²) < 4.78 is 6.41. The van der Waals surface area contributed by atoms with Crippen molar-refractivity contribution in [3.8, 4) is 5.75 Å². The second-order valence-corrected chi connectivity index (χ2v) is 6.40. The molecule has 1 aromatic carbocycles. The molecule has 3 heteroatoms. The van der Waals surface area contributed by atoms with Crippen molar-refractivity contribution in [1.29, 1.82) is 0 Å². The van der Waals surface area contributed by atoms with Crippen LogP contribution in [0.3, 0.4) is 0 Å². The summed E-state index contributed by atoms with van der Waals surface area (Å²) in [5.74, 6) is 1.68. The van der Waals surface area contributed by atoms with Gasteiger partial charge in [0, 0.05) is 12.4 Å². The van der Waals surface area contributed by atoms with Crippen molar-refractivity contribution in [1.82, 2.24) is 9.88 Å². The molecule has 0 N–H and O–H groups in total. The van der Waals surface area contributed by atoms with Crippen LogP contribution in [0.25, 0.3) is 0 Å². The molecule has 2 atom stereocenters. The topological polar surface area (TPSA) is 25.4 Å². The van der Waals surface area contributed by atoms with Crippen molar-refractivity contribution in [3.63, 3.8) is 0 Å². The largest absolute Gasteiger partial charge is 0.489 e. The molecule has 0 aliphatic carbocycles. The number of rotatable bonds is 4. The zero-order valence-corrected chi connectivity index (χ0v) is 12.8. The Kier molecular flexibility index (Phi) is 3.81. The zero-order chi connectivity index (χ0) is 14.8. The lowest BCUT2D eigenvalue weighted by Gasteiger charge is -2.50. The third kappa shape index (κ3) is 2.73. The molecule has 3 nitrogen and oxygen atoms in total. The summed E-state index contributed by atoms with van der Waals surface area (Å²) in [7, 11) is 0. The Labute approximate surface area is 131 Å². The molecule has 0 saturated carbocycles. The molecule has 2 unspecified atom stereocenters. The standard InChI is InChI=1S/C19H22N2O/c1-2-6-17(7-3-1)22-19-16-8-11-21(12-9-16)18(19)13-15-5-4-10-20-14-15/h1-7,10,14,16,18-19H,8-9,11-13H2. The van der Waals surface area contributed by atoms with Crippen LogP contribution in [0, 0.1) is 5.92 Å². The maximum absolute atomic E-state index is 6.41. The summed E-state index contributed by atoms with van der Waals surface area (Å²) in [5.41, 5.74) is 1.31. The number of aromatic nitrogens is 1. The van der Waals surface area contributed by atoms with E-state index in [4.69, 9.17) is 4.74 Å². The number of fused-ring (bicyclic) bond motifs is 3. The number of hydrogen-bond acceptors (Lipinski definition) is 3. The van der Waals surface area contributed by atoms with E-state index in [1.54, 1.807) is 0 Å². The van der Waals surface area contributed by atoms with E-state index < -0.39 is 0 Å². The summed E-state index contributed by atoms with van der Waals surface area (Å²) >= 11 is 0. The molecule has 3 fully saturated rings. The van der Waals surface area contributed by atoms with Crippen LogP contribution in [-0.2, 0) is 6.42 Å². The van der Waals surface area contributed by atoms with Gasteiger partial charge >= 0.3 is 0 Å². The molecule has 2 aromatic rings. The van der Waals surface area contributed by atoms with Gasteiger partial charge in [-0.2, -0.15) is 0 Å². The Morgan fingerprint density at radius 2 is 1.86 bits per heavy atom. The highest BCUT2D eigenvalue weighted by Gasteiger charge is 2.43. The predicted molar refractivity (Wildman–Crippen MR) is 86.9 cm³/mol. The van der Waals surface area contributed by atoms with Crippen molar-refractivity contribution in [2.45, 2.75) is 31.4 Å². The fourth-order valence-corrected chi connectivity index (χ4v) is 3.94. The summed E-state index contributed by atoms with van der Waals surface area (Å²) in [5, 5.41) is 0. The molecule has 3 aliphatic heterocycles. The Morgan fingerprint density at radius 3 is 2.59 bits per heavy atom. The van der Waals surface area contributed by atoms with E-state index in [0.29, 0.717) is 18.1 Å². The lowest BCUT2D eigenvalue weighted by atomic mass is 9.78. The Hall–Kier alpha value is -1.87. The van der Waals surface area contributed by atoms with Gasteiger partial charge in [-0.15, -0.1) is 0 Å². The molecular weight excluding hydrogens is 272 g/mol. The number of benzene rings is 1. The maximum Gasteiger partial charge on any atom is 0.119 e. The highest BCUT2D eigenvalue weighted by atomic mass is 16.5. The smallest absolute Gasteiger partial charge is 0.119 e. The van der Waals surface area contributed by atoms with Gasteiger partial charge in [0.2, 0.25) is 0 Å². The van der Waals surface area contributed by atoms with E-state index >= 15 is 0 Å². The highest BCUT2D eigenvalue weighted by Crippen LogP contribution is 2.36. The summed E-state index contributed by atoms with van der Waals surface area (Å²) in [6, 6.07) is 14.9. The average molecular weight is 294 g/mol. The van der Waals surface area contributed by atoms with E-state index in [1.807, 2.05) is 36.7 Å². The number of pyridine rings is 1. The summed E-state index contributed by atoms with van der Waals surface area (Å²) in [6.45, 7) is 2.43. The van der Waals surface area contributed by atoms with Gasteiger partial charge in [0.1, 0.15) is 11.9 Å². The molecule has 1 aromatic heterocycles. The van der Waals surface area contributed by atoms with Crippen LogP contribution in [0.1, 0.15) is 18.4 Å². The maximum atomic E-state index is 6.41. The Balaban J connectivity index is 1.56.